The Labute approximate surface area is 138 Å². The molecule has 3 rings (SSSR count). The molecule has 0 saturated carbocycles. The van der Waals surface area contributed by atoms with Gasteiger partial charge in [-0.1, -0.05) is 24.3 Å². The van der Waals surface area contributed by atoms with Crippen molar-refractivity contribution in [3.63, 3.8) is 0 Å². The molecule has 0 atom stereocenters. The molecule has 3 N–H and O–H groups in total. The van der Waals surface area contributed by atoms with Gasteiger partial charge in [0.05, 0.1) is 5.60 Å². The van der Waals surface area contributed by atoms with Crippen molar-refractivity contribution in [1.82, 2.24) is 5.32 Å². The van der Waals surface area contributed by atoms with E-state index in [0.29, 0.717) is 18.5 Å². The van der Waals surface area contributed by atoms with E-state index in [1.165, 1.54) is 24.3 Å². The average Bonchev–Trinajstić information content (AvgIpc) is 2.91. The third-order valence-electron chi connectivity index (χ3n) is 4.04. The molecule has 0 saturated heterocycles. The Bertz CT molecular complexity index is 749. The van der Waals surface area contributed by atoms with Gasteiger partial charge in [-0.25, -0.2) is 4.39 Å². The van der Waals surface area contributed by atoms with Gasteiger partial charge in [0.15, 0.2) is 0 Å². The molecule has 1 aliphatic carbocycles. The predicted octanol–water partition coefficient (Wildman–Crippen LogP) is 1.41. The van der Waals surface area contributed by atoms with Crippen LogP contribution in [0.5, 0.6) is 0 Å². The van der Waals surface area contributed by atoms with Crippen molar-refractivity contribution in [3.05, 3.63) is 65.5 Å². The van der Waals surface area contributed by atoms with Crippen molar-refractivity contribution in [3.8, 4) is 0 Å². The molecule has 2 aromatic rings. The number of hydrogen-bond donors (Lipinski definition) is 3. The summed E-state index contributed by atoms with van der Waals surface area (Å²) in [7, 11) is 0. The van der Waals surface area contributed by atoms with Crippen LogP contribution in [0.4, 0.5) is 10.1 Å². The van der Waals surface area contributed by atoms with Gasteiger partial charge in [0.25, 0.3) is 0 Å². The van der Waals surface area contributed by atoms with Crippen molar-refractivity contribution in [2.45, 2.75) is 18.4 Å². The Balaban J connectivity index is 1.54. The number of amides is 2. The van der Waals surface area contributed by atoms with Crippen LogP contribution in [0.15, 0.2) is 48.5 Å². The molecule has 0 aliphatic heterocycles. The second kappa shape index (κ2) is 6.41. The van der Waals surface area contributed by atoms with Gasteiger partial charge >= 0.3 is 11.8 Å². The predicted molar refractivity (Wildman–Crippen MR) is 86.8 cm³/mol. The van der Waals surface area contributed by atoms with Crippen LogP contribution in [0.25, 0.3) is 0 Å². The van der Waals surface area contributed by atoms with Gasteiger partial charge < -0.3 is 15.7 Å². The van der Waals surface area contributed by atoms with Gasteiger partial charge in [0, 0.05) is 25.1 Å². The zero-order chi connectivity index (χ0) is 17.2. The molecule has 0 unspecified atom stereocenters. The van der Waals surface area contributed by atoms with E-state index in [9.17, 15) is 19.1 Å². The third-order valence-corrected chi connectivity index (χ3v) is 4.04. The SMILES string of the molecule is O=C(NCC1(O)Cc2ccccc2C1)C(=O)Nc1ccc(F)cc1. The summed E-state index contributed by atoms with van der Waals surface area (Å²) < 4.78 is 12.8. The van der Waals surface area contributed by atoms with Crippen LogP contribution < -0.4 is 10.6 Å². The van der Waals surface area contributed by atoms with E-state index in [1.54, 1.807) is 0 Å². The molecule has 24 heavy (non-hydrogen) atoms. The summed E-state index contributed by atoms with van der Waals surface area (Å²) in [5, 5.41) is 15.4. The monoisotopic (exact) mass is 328 g/mol. The smallest absolute Gasteiger partial charge is 0.313 e. The number of halogens is 1. The van der Waals surface area contributed by atoms with Crippen molar-refractivity contribution >= 4 is 17.5 Å². The number of rotatable bonds is 3. The van der Waals surface area contributed by atoms with Crippen molar-refractivity contribution < 1.29 is 19.1 Å². The minimum atomic E-state index is -1.09. The van der Waals surface area contributed by atoms with Gasteiger partial charge in [-0.3, -0.25) is 9.59 Å². The Morgan fingerprint density at radius 1 is 1.00 bits per heavy atom. The van der Waals surface area contributed by atoms with E-state index in [1.807, 2.05) is 24.3 Å². The number of carbonyl (C=O) groups is 2. The fourth-order valence-electron chi connectivity index (χ4n) is 2.85. The maximum Gasteiger partial charge on any atom is 0.313 e. The minimum Gasteiger partial charge on any atom is -0.387 e. The summed E-state index contributed by atoms with van der Waals surface area (Å²) in [6.07, 6.45) is 0.867. The summed E-state index contributed by atoms with van der Waals surface area (Å²) in [6, 6.07) is 12.8. The number of aliphatic hydroxyl groups is 1. The third kappa shape index (κ3) is 3.60. The Kier molecular flexibility index (Phi) is 4.31. The maximum absolute atomic E-state index is 12.8. The molecule has 0 bridgehead atoms. The highest BCUT2D eigenvalue weighted by Gasteiger charge is 2.35. The second-order valence-electron chi connectivity index (χ2n) is 5.99. The summed E-state index contributed by atoms with van der Waals surface area (Å²) in [6.45, 7) is -0.0165. The number of benzene rings is 2. The topological polar surface area (TPSA) is 78.4 Å². The molecular formula is C18H17FN2O3. The number of hydrogen-bond acceptors (Lipinski definition) is 3. The van der Waals surface area contributed by atoms with Crippen LogP contribution in [-0.4, -0.2) is 29.1 Å². The Morgan fingerprint density at radius 2 is 1.58 bits per heavy atom. The van der Waals surface area contributed by atoms with Crippen LogP contribution >= 0.6 is 0 Å². The number of fused-ring (bicyclic) bond motifs is 1. The number of nitrogens with one attached hydrogen (secondary N) is 2. The Morgan fingerprint density at radius 3 is 2.17 bits per heavy atom. The minimum absolute atomic E-state index is 0.0165. The van der Waals surface area contributed by atoms with Gasteiger partial charge in [-0.2, -0.15) is 0 Å². The fraction of sp³-hybridized carbons (Fsp3) is 0.222. The van der Waals surface area contributed by atoms with Crippen LogP contribution in [0.2, 0.25) is 0 Å². The van der Waals surface area contributed by atoms with Crippen LogP contribution in [-0.2, 0) is 22.4 Å². The number of anilines is 1. The first-order chi connectivity index (χ1) is 11.5. The average molecular weight is 328 g/mol. The standard InChI is InChI=1S/C18H17FN2O3/c19-14-5-7-15(8-6-14)21-17(23)16(22)20-11-18(24)9-12-3-1-2-4-13(12)10-18/h1-8,24H,9-11H2,(H,20,22)(H,21,23). The van der Waals surface area contributed by atoms with E-state index >= 15 is 0 Å². The first kappa shape index (κ1) is 16.1. The van der Waals surface area contributed by atoms with Crippen molar-refractivity contribution in [2.75, 3.05) is 11.9 Å². The van der Waals surface area contributed by atoms with Crippen LogP contribution in [0.1, 0.15) is 11.1 Å². The molecule has 0 radical (unpaired) electrons. The first-order valence-corrected chi connectivity index (χ1v) is 7.59. The molecule has 0 heterocycles. The zero-order valence-electron chi connectivity index (χ0n) is 12.9. The molecule has 6 heteroatoms. The van der Waals surface area contributed by atoms with E-state index in [0.717, 1.165) is 11.1 Å². The lowest BCUT2D eigenvalue weighted by Crippen LogP contribution is -2.46. The van der Waals surface area contributed by atoms with Gasteiger partial charge in [-0.15, -0.1) is 0 Å². The first-order valence-electron chi connectivity index (χ1n) is 7.59. The molecule has 2 aromatic carbocycles. The Hall–Kier alpha value is -2.73. The summed E-state index contributed by atoms with van der Waals surface area (Å²) in [5.74, 6) is -2.13. The lowest BCUT2D eigenvalue weighted by atomic mass is 10.0. The van der Waals surface area contributed by atoms with Gasteiger partial charge in [0.1, 0.15) is 5.82 Å². The zero-order valence-corrected chi connectivity index (χ0v) is 12.9. The van der Waals surface area contributed by atoms with E-state index < -0.39 is 23.2 Å². The molecular weight excluding hydrogens is 311 g/mol. The molecule has 5 nitrogen and oxygen atoms in total. The summed E-state index contributed by atoms with van der Waals surface area (Å²) in [5.41, 5.74) is 1.33. The highest BCUT2D eigenvalue weighted by Crippen LogP contribution is 2.29. The molecule has 0 fully saturated rings. The maximum atomic E-state index is 12.8. The summed E-state index contributed by atoms with van der Waals surface area (Å²) >= 11 is 0. The second-order valence-corrected chi connectivity index (χ2v) is 5.99. The highest BCUT2D eigenvalue weighted by molar-refractivity contribution is 6.39. The number of carbonyl (C=O) groups excluding carboxylic acids is 2. The normalized spacial score (nSPS) is 14.8. The highest BCUT2D eigenvalue weighted by atomic mass is 19.1. The molecule has 124 valence electrons. The molecule has 1 aliphatic rings. The lowest BCUT2D eigenvalue weighted by Gasteiger charge is -2.22. The van der Waals surface area contributed by atoms with Gasteiger partial charge in [-0.05, 0) is 35.4 Å². The van der Waals surface area contributed by atoms with Crippen molar-refractivity contribution in [1.29, 1.82) is 0 Å². The summed E-state index contributed by atoms with van der Waals surface area (Å²) in [4.78, 5) is 23.7. The van der Waals surface area contributed by atoms with Crippen LogP contribution in [0, 0.1) is 5.82 Å². The van der Waals surface area contributed by atoms with Crippen LogP contribution in [0.3, 0.4) is 0 Å². The van der Waals surface area contributed by atoms with E-state index in [2.05, 4.69) is 10.6 Å². The molecule has 0 spiro atoms. The lowest BCUT2D eigenvalue weighted by molar-refractivity contribution is -0.136. The molecule has 0 aromatic heterocycles. The fourth-order valence-corrected chi connectivity index (χ4v) is 2.85. The largest absolute Gasteiger partial charge is 0.387 e. The van der Waals surface area contributed by atoms with Gasteiger partial charge in [0.2, 0.25) is 0 Å². The molecule has 2 amide bonds. The van der Waals surface area contributed by atoms with E-state index in [-0.39, 0.29) is 6.54 Å². The quantitative estimate of drug-likeness (QED) is 0.746. The van der Waals surface area contributed by atoms with Crippen molar-refractivity contribution in [2.24, 2.45) is 0 Å². The van der Waals surface area contributed by atoms with E-state index in [4.69, 9.17) is 0 Å².